The molecule has 2 fully saturated rings. The van der Waals surface area contributed by atoms with Gasteiger partial charge < -0.3 is 10.1 Å². The Morgan fingerprint density at radius 1 is 1.11 bits per heavy atom. The van der Waals surface area contributed by atoms with Crippen LogP contribution in [0.15, 0.2) is 24.3 Å². The largest absolute Gasteiger partial charge is 0.457 e. The highest BCUT2D eigenvalue weighted by molar-refractivity contribution is 5.97. The van der Waals surface area contributed by atoms with Crippen molar-refractivity contribution in [3.05, 3.63) is 35.4 Å². The normalized spacial score (nSPS) is 23.2. The molecule has 5 nitrogen and oxygen atoms in total. The second kappa shape index (κ2) is 9.16. The van der Waals surface area contributed by atoms with Gasteiger partial charge in [0.1, 0.15) is 0 Å². The van der Waals surface area contributed by atoms with Crippen molar-refractivity contribution < 1.29 is 19.1 Å². The molecule has 2 saturated carbocycles. The van der Waals surface area contributed by atoms with E-state index in [4.69, 9.17) is 4.74 Å². The van der Waals surface area contributed by atoms with E-state index in [0.717, 1.165) is 30.7 Å². The average Bonchev–Trinajstić information content (AvgIpc) is 3.26. The van der Waals surface area contributed by atoms with Crippen molar-refractivity contribution in [1.82, 2.24) is 5.32 Å². The van der Waals surface area contributed by atoms with E-state index in [2.05, 4.69) is 5.32 Å². The van der Waals surface area contributed by atoms with Crippen LogP contribution in [0.25, 0.3) is 0 Å². The van der Waals surface area contributed by atoms with Crippen LogP contribution in [0, 0.1) is 17.8 Å². The van der Waals surface area contributed by atoms with Crippen molar-refractivity contribution in [2.45, 2.75) is 51.9 Å². The summed E-state index contributed by atoms with van der Waals surface area (Å²) in [5.74, 6) is 1.54. The lowest BCUT2D eigenvalue weighted by Gasteiger charge is -2.20. The summed E-state index contributed by atoms with van der Waals surface area (Å²) in [4.78, 5) is 35.1. The summed E-state index contributed by atoms with van der Waals surface area (Å²) in [6, 6.07) is 7.38. The maximum atomic E-state index is 12.2. The third-order valence-corrected chi connectivity index (χ3v) is 5.97. The van der Waals surface area contributed by atoms with Crippen LogP contribution < -0.4 is 5.32 Å². The molecule has 0 saturated heterocycles. The Hall–Kier alpha value is -2.17. The van der Waals surface area contributed by atoms with Gasteiger partial charge in [-0.15, -0.1) is 0 Å². The Morgan fingerprint density at radius 2 is 1.89 bits per heavy atom. The predicted molar refractivity (Wildman–Crippen MR) is 102 cm³/mol. The monoisotopic (exact) mass is 371 g/mol. The minimum absolute atomic E-state index is 0.0223. The van der Waals surface area contributed by atoms with Gasteiger partial charge in [0.25, 0.3) is 0 Å². The van der Waals surface area contributed by atoms with E-state index < -0.39 is 0 Å². The van der Waals surface area contributed by atoms with Gasteiger partial charge in [-0.2, -0.15) is 0 Å². The fraction of sp³-hybridized carbons (Fsp3) is 0.591. The number of hydrogen-bond acceptors (Lipinski definition) is 4. The van der Waals surface area contributed by atoms with Crippen molar-refractivity contribution in [3.8, 4) is 0 Å². The van der Waals surface area contributed by atoms with Crippen molar-refractivity contribution in [1.29, 1.82) is 0 Å². The summed E-state index contributed by atoms with van der Waals surface area (Å²) in [7, 11) is 0. The fourth-order valence-electron chi connectivity index (χ4n) is 4.54. The molecule has 0 heterocycles. The standard InChI is InChI=1S/C22H29NO4/c1-15(24)23-10-2-3-16-4-7-18(8-5-16)21(25)14-27-22(26)13-20-12-17-6-9-19(20)11-17/h4-5,7-8,17,19-20H,2-3,6,9-14H2,1H3,(H,23,24)/t17-,19-,20+/m1/s1. The number of ether oxygens (including phenoxy) is 1. The molecular formula is C22H29NO4. The number of Topliss-reactive ketones (excluding diaryl/α,β-unsaturated/α-hetero) is 1. The minimum atomic E-state index is -0.240. The first-order valence-electron chi connectivity index (χ1n) is 10.0. The topological polar surface area (TPSA) is 72.5 Å². The lowest BCUT2D eigenvalue weighted by molar-refractivity contribution is -0.144. The van der Waals surface area contributed by atoms with E-state index in [9.17, 15) is 14.4 Å². The van der Waals surface area contributed by atoms with Gasteiger partial charge in [0.2, 0.25) is 5.91 Å². The van der Waals surface area contributed by atoms with Gasteiger partial charge in [-0.1, -0.05) is 30.7 Å². The summed E-state index contributed by atoms with van der Waals surface area (Å²) >= 11 is 0. The van der Waals surface area contributed by atoms with Gasteiger partial charge in [-0.05, 0) is 55.4 Å². The molecular weight excluding hydrogens is 342 g/mol. The Morgan fingerprint density at radius 3 is 2.52 bits per heavy atom. The summed E-state index contributed by atoms with van der Waals surface area (Å²) in [5, 5.41) is 2.77. The highest BCUT2D eigenvalue weighted by atomic mass is 16.5. The second-order valence-electron chi connectivity index (χ2n) is 8.01. The van der Waals surface area contributed by atoms with Gasteiger partial charge in [-0.25, -0.2) is 0 Å². The van der Waals surface area contributed by atoms with Crippen LogP contribution in [0.2, 0.25) is 0 Å². The van der Waals surface area contributed by atoms with Gasteiger partial charge in [0, 0.05) is 25.5 Å². The van der Waals surface area contributed by atoms with Crippen molar-refractivity contribution in [3.63, 3.8) is 0 Å². The first kappa shape index (κ1) is 19.6. The van der Waals surface area contributed by atoms with Crippen LogP contribution >= 0.6 is 0 Å². The summed E-state index contributed by atoms with van der Waals surface area (Å²) in [6.45, 7) is 1.97. The lowest BCUT2D eigenvalue weighted by atomic mass is 9.86. The van der Waals surface area contributed by atoms with Gasteiger partial charge >= 0.3 is 5.97 Å². The number of ketones is 1. The van der Waals surface area contributed by atoms with Gasteiger partial charge in [0.05, 0.1) is 0 Å². The number of esters is 1. The number of fused-ring (bicyclic) bond motifs is 2. The molecule has 2 aliphatic rings. The number of rotatable bonds is 9. The minimum Gasteiger partial charge on any atom is -0.457 e. The lowest BCUT2D eigenvalue weighted by Crippen LogP contribution is -2.21. The van der Waals surface area contributed by atoms with Crippen LogP contribution in [0.4, 0.5) is 0 Å². The third-order valence-electron chi connectivity index (χ3n) is 5.97. The van der Waals surface area contributed by atoms with E-state index in [1.807, 2.05) is 12.1 Å². The molecule has 27 heavy (non-hydrogen) atoms. The summed E-state index contributed by atoms with van der Waals surface area (Å²) in [5.41, 5.74) is 1.68. The number of aryl methyl sites for hydroxylation is 1. The van der Waals surface area contributed by atoms with Gasteiger partial charge in [0.15, 0.2) is 12.4 Å². The molecule has 2 bridgehead atoms. The molecule has 1 N–H and O–H groups in total. The predicted octanol–water partition coefficient (Wildman–Crippen LogP) is 3.31. The first-order valence-corrected chi connectivity index (χ1v) is 10.0. The zero-order chi connectivity index (χ0) is 19.2. The molecule has 0 unspecified atom stereocenters. The molecule has 1 aromatic carbocycles. The van der Waals surface area contributed by atoms with Crippen LogP contribution in [0.3, 0.4) is 0 Å². The summed E-state index contributed by atoms with van der Waals surface area (Å²) < 4.78 is 5.23. The zero-order valence-electron chi connectivity index (χ0n) is 16.0. The third kappa shape index (κ3) is 5.65. The Balaban J connectivity index is 1.37. The van der Waals surface area contributed by atoms with E-state index in [0.29, 0.717) is 30.4 Å². The van der Waals surface area contributed by atoms with E-state index in [1.165, 1.54) is 26.2 Å². The highest BCUT2D eigenvalue weighted by Gasteiger charge is 2.40. The number of hydrogen-bond donors (Lipinski definition) is 1. The molecule has 2 aliphatic carbocycles. The highest BCUT2D eigenvalue weighted by Crippen LogP contribution is 2.49. The van der Waals surface area contributed by atoms with Crippen LogP contribution in [-0.4, -0.2) is 30.8 Å². The van der Waals surface area contributed by atoms with Gasteiger partial charge in [-0.3, -0.25) is 14.4 Å². The number of amides is 1. The first-order chi connectivity index (χ1) is 13.0. The number of nitrogens with one attached hydrogen (secondary N) is 1. The Labute approximate surface area is 160 Å². The molecule has 146 valence electrons. The van der Waals surface area contributed by atoms with Crippen molar-refractivity contribution in [2.75, 3.05) is 13.2 Å². The maximum absolute atomic E-state index is 12.2. The second-order valence-corrected chi connectivity index (χ2v) is 8.01. The van der Waals surface area contributed by atoms with E-state index in [1.54, 1.807) is 12.1 Å². The number of carbonyl (C=O) groups excluding carboxylic acids is 3. The van der Waals surface area contributed by atoms with Crippen LogP contribution in [-0.2, 0) is 20.7 Å². The van der Waals surface area contributed by atoms with E-state index >= 15 is 0 Å². The van der Waals surface area contributed by atoms with Crippen molar-refractivity contribution in [2.24, 2.45) is 17.8 Å². The SMILES string of the molecule is CC(=O)NCCCc1ccc(C(=O)COC(=O)C[C@@H]2C[C@@H]3CC[C@@H]2C3)cc1. The average molecular weight is 371 g/mol. The maximum Gasteiger partial charge on any atom is 0.306 e. The summed E-state index contributed by atoms with van der Waals surface area (Å²) in [6.07, 6.45) is 7.14. The molecule has 5 heteroatoms. The molecule has 1 amide bonds. The quantitative estimate of drug-likeness (QED) is 0.411. The smallest absolute Gasteiger partial charge is 0.306 e. The molecule has 1 aromatic rings. The molecule has 3 rings (SSSR count). The van der Waals surface area contributed by atoms with Crippen molar-refractivity contribution >= 4 is 17.7 Å². The van der Waals surface area contributed by atoms with E-state index in [-0.39, 0.29) is 24.3 Å². The van der Waals surface area contributed by atoms with Crippen LogP contribution in [0.5, 0.6) is 0 Å². The molecule has 0 aromatic heterocycles. The molecule has 0 radical (unpaired) electrons. The molecule has 0 aliphatic heterocycles. The fourth-order valence-corrected chi connectivity index (χ4v) is 4.54. The molecule has 0 spiro atoms. The Kier molecular flexibility index (Phi) is 6.64. The number of benzene rings is 1. The van der Waals surface area contributed by atoms with Crippen LogP contribution in [0.1, 0.15) is 61.4 Å². The Bertz CT molecular complexity index is 682. The molecule has 3 atom stereocenters. The zero-order valence-corrected chi connectivity index (χ0v) is 16.0. The number of carbonyl (C=O) groups is 3.